The molecule has 0 saturated heterocycles. The van der Waals surface area contributed by atoms with Crippen LogP contribution in [0.5, 0.6) is 0 Å². The summed E-state index contributed by atoms with van der Waals surface area (Å²) in [6.07, 6.45) is 3.81. The Bertz CT molecular complexity index is 369. The number of carboxylic acid groups (broad SMARTS) is 1. The summed E-state index contributed by atoms with van der Waals surface area (Å²) in [5.41, 5.74) is 0.175. The highest BCUT2D eigenvalue weighted by atomic mass is 79.9. The van der Waals surface area contributed by atoms with Crippen molar-refractivity contribution in [3.05, 3.63) is 22.4 Å². The van der Waals surface area contributed by atoms with Gasteiger partial charge in [-0.1, -0.05) is 13.3 Å². The van der Waals surface area contributed by atoms with Gasteiger partial charge >= 0.3 is 5.97 Å². The number of hydrogen-bond acceptors (Lipinski definition) is 1. The molecule has 0 aromatic carbocycles. The minimum Gasteiger partial charge on any atom is -0.477 e. The first-order valence-electron chi connectivity index (χ1n) is 5.00. The second kappa shape index (κ2) is 4.39. The van der Waals surface area contributed by atoms with Crippen LogP contribution < -0.4 is 0 Å². The summed E-state index contributed by atoms with van der Waals surface area (Å²) in [4.78, 5) is 11.0. The highest BCUT2D eigenvalue weighted by Gasteiger charge is 2.24. The van der Waals surface area contributed by atoms with E-state index in [1.54, 1.807) is 6.07 Å². The number of hydrogen-bond donors (Lipinski definition) is 1. The molecule has 1 aromatic heterocycles. The third-order valence-corrected chi connectivity index (χ3v) is 2.95. The van der Waals surface area contributed by atoms with Gasteiger partial charge in [0.1, 0.15) is 5.69 Å². The standard InChI is InChI=1S/C11H16BrNO2/c1-4-5-11(2,3)13-7-8(12)6-9(13)10(14)15/h6-7H,4-5H2,1-3H3,(H,14,15). The van der Waals surface area contributed by atoms with Gasteiger partial charge in [-0.3, -0.25) is 0 Å². The molecule has 15 heavy (non-hydrogen) atoms. The maximum atomic E-state index is 11.0. The van der Waals surface area contributed by atoms with E-state index >= 15 is 0 Å². The van der Waals surface area contributed by atoms with Crippen molar-refractivity contribution in [3.8, 4) is 0 Å². The largest absolute Gasteiger partial charge is 0.477 e. The van der Waals surface area contributed by atoms with Crippen LogP contribution in [-0.2, 0) is 5.54 Å². The van der Waals surface area contributed by atoms with E-state index in [0.29, 0.717) is 5.69 Å². The predicted octanol–water partition coefficient (Wildman–Crippen LogP) is 3.48. The van der Waals surface area contributed by atoms with Crippen LogP contribution >= 0.6 is 15.9 Å². The molecule has 0 radical (unpaired) electrons. The minimum atomic E-state index is -0.884. The Balaban J connectivity index is 3.17. The van der Waals surface area contributed by atoms with Crippen molar-refractivity contribution in [2.75, 3.05) is 0 Å². The predicted molar refractivity (Wildman–Crippen MR) is 63.3 cm³/mol. The molecule has 1 heterocycles. The van der Waals surface area contributed by atoms with Gasteiger partial charge in [-0.05, 0) is 42.3 Å². The highest BCUT2D eigenvalue weighted by molar-refractivity contribution is 9.10. The Kier molecular flexibility index (Phi) is 3.60. The van der Waals surface area contributed by atoms with Crippen LogP contribution in [0, 0.1) is 0 Å². The van der Waals surface area contributed by atoms with Crippen LogP contribution in [0.1, 0.15) is 44.1 Å². The molecule has 1 N–H and O–H groups in total. The van der Waals surface area contributed by atoms with Crippen LogP contribution in [-0.4, -0.2) is 15.6 Å². The Morgan fingerprint density at radius 3 is 2.67 bits per heavy atom. The van der Waals surface area contributed by atoms with Gasteiger partial charge < -0.3 is 9.67 Å². The summed E-state index contributed by atoms with van der Waals surface area (Å²) in [7, 11) is 0. The monoisotopic (exact) mass is 273 g/mol. The average molecular weight is 274 g/mol. The fourth-order valence-corrected chi connectivity index (χ4v) is 2.25. The topological polar surface area (TPSA) is 42.2 Å². The number of halogens is 1. The van der Waals surface area contributed by atoms with Gasteiger partial charge in [-0.2, -0.15) is 0 Å². The SMILES string of the molecule is CCCC(C)(C)n1cc(Br)cc1C(=O)O. The zero-order valence-electron chi connectivity index (χ0n) is 9.25. The van der Waals surface area contributed by atoms with Crippen molar-refractivity contribution in [2.24, 2.45) is 0 Å². The Labute approximate surface area is 98.2 Å². The maximum Gasteiger partial charge on any atom is 0.352 e. The first-order valence-corrected chi connectivity index (χ1v) is 5.79. The van der Waals surface area contributed by atoms with E-state index in [2.05, 4.69) is 36.7 Å². The molecule has 0 unspecified atom stereocenters. The number of carbonyl (C=O) groups is 1. The van der Waals surface area contributed by atoms with Crippen molar-refractivity contribution in [2.45, 2.75) is 39.2 Å². The second-order valence-corrected chi connectivity index (χ2v) is 5.20. The molecule has 0 amide bonds. The van der Waals surface area contributed by atoms with Gasteiger partial charge in [-0.15, -0.1) is 0 Å². The fraction of sp³-hybridized carbons (Fsp3) is 0.545. The molecule has 1 rings (SSSR count). The number of nitrogens with zero attached hydrogens (tertiary/aromatic N) is 1. The van der Waals surface area contributed by atoms with Gasteiger partial charge in [0.05, 0.1) is 0 Å². The van der Waals surface area contributed by atoms with Gasteiger partial charge in [0, 0.05) is 16.2 Å². The van der Waals surface area contributed by atoms with E-state index in [1.165, 1.54) is 0 Å². The number of aromatic carboxylic acids is 1. The Hall–Kier alpha value is -0.770. The lowest BCUT2D eigenvalue weighted by molar-refractivity contribution is 0.0676. The third kappa shape index (κ3) is 2.62. The van der Waals surface area contributed by atoms with E-state index in [1.807, 2.05) is 10.8 Å². The number of aromatic nitrogens is 1. The van der Waals surface area contributed by atoms with Crippen molar-refractivity contribution in [3.63, 3.8) is 0 Å². The third-order valence-electron chi connectivity index (χ3n) is 2.52. The van der Waals surface area contributed by atoms with E-state index in [0.717, 1.165) is 17.3 Å². The zero-order chi connectivity index (χ0) is 11.6. The van der Waals surface area contributed by atoms with Gasteiger partial charge in [0.25, 0.3) is 0 Å². The van der Waals surface area contributed by atoms with E-state index in [9.17, 15) is 4.79 Å². The minimum absolute atomic E-state index is 0.158. The zero-order valence-corrected chi connectivity index (χ0v) is 10.8. The second-order valence-electron chi connectivity index (χ2n) is 4.28. The van der Waals surface area contributed by atoms with Crippen LogP contribution in [0.4, 0.5) is 0 Å². The van der Waals surface area contributed by atoms with Crippen LogP contribution in [0.25, 0.3) is 0 Å². The first kappa shape index (κ1) is 12.3. The smallest absolute Gasteiger partial charge is 0.352 e. The van der Waals surface area contributed by atoms with Crippen molar-refractivity contribution in [1.29, 1.82) is 0 Å². The first-order chi connectivity index (χ1) is 6.88. The Morgan fingerprint density at radius 2 is 2.20 bits per heavy atom. The van der Waals surface area contributed by atoms with Crippen molar-refractivity contribution < 1.29 is 9.90 Å². The molecule has 0 saturated carbocycles. The number of carboxylic acids is 1. The molecule has 0 spiro atoms. The molecule has 0 aliphatic heterocycles. The molecule has 0 aliphatic rings. The molecule has 0 fully saturated rings. The molecule has 0 aliphatic carbocycles. The summed E-state index contributed by atoms with van der Waals surface area (Å²) < 4.78 is 2.63. The van der Waals surface area contributed by atoms with E-state index < -0.39 is 5.97 Å². The quantitative estimate of drug-likeness (QED) is 0.913. The molecular weight excluding hydrogens is 258 g/mol. The van der Waals surface area contributed by atoms with Gasteiger partial charge in [0.15, 0.2) is 0 Å². The number of rotatable bonds is 4. The lowest BCUT2D eigenvalue weighted by atomic mass is 9.98. The summed E-state index contributed by atoms with van der Waals surface area (Å²) in [5.74, 6) is -0.884. The summed E-state index contributed by atoms with van der Waals surface area (Å²) in [6.45, 7) is 6.20. The summed E-state index contributed by atoms with van der Waals surface area (Å²) in [5, 5.41) is 9.07. The molecule has 0 atom stereocenters. The molecule has 1 aromatic rings. The molecule has 3 nitrogen and oxygen atoms in total. The average Bonchev–Trinajstić information content (AvgIpc) is 2.47. The van der Waals surface area contributed by atoms with E-state index in [4.69, 9.17) is 5.11 Å². The molecule has 0 bridgehead atoms. The lowest BCUT2D eigenvalue weighted by Gasteiger charge is -2.28. The summed E-state index contributed by atoms with van der Waals surface area (Å²) >= 11 is 3.31. The maximum absolute atomic E-state index is 11.0. The van der Waals surface area contributed by atoms with Crippen LogP contribution in [0.2, 0.25) is 0 Å². The van der Waals surface area contributed by atoms with E-state index in [-0.39, 0.29) is 5.54 Å². The molecule has 84 valence electrons. The van der Waals surface area contributed by atoms with Crippen LogP contribution in [0.15, 0.2) is 16.7 Å². The Morgan fingerprint density at radius 1 is 1.60 bits per heavy atom. The fourth-order valence-electron chi connectivity index (χ4n) is 1.83. The van der Waals surface area contributed by atoms with Crippen molar-refractivity contribution in [1.82, 2.24) is 4.57 Å². The van der Waals surface area contributed by atoms with Gasteiger partial charge in [-0.25, -0.2) is 4.79 Å². The van der Waals surface area contributed by atoms with Gasteiger partial charge in [0.2, 0.25) is 0 Å². The molecule has 4 heteroatoms. The normalized spacial score (nSPS) is 11.7. The lowest BCUT2D eigenvalue weighted by Crippen LogP contribution is -2.28. The molecular formula is C11H16BrNO2. The van der Waals surface area contributed by atoms with Crippen molar-refractivity contribution >= 4 is 21.9 Å². The highest BCUT2D eigenvalue weighted by Crippen LogP contribution is 2.27. The van der Waals surface area contributed by atoms with Crippen LogP contribution in [0.3, 0.4) is 0 Å². The summed E-state index contributed by atoms with van der Waals surface area (Å²) in [6, 6.07) is 1.64.